The van der Waals surface area contributed by atoms with Crippen molar-refractivity contribution in [1.29, 1.82) is 0 Å². The summed E-state index contributed by atoms with van der Waals surface area (Å²) in [4.78, 5) is 11.1. The van der Waals surface area contributed by atoms with Gasteiger partial charge in [0.05, 0.1) is 9.30 Å². The summed E-state index contributed by atoms with van der Waals surface area (Å²) in [6, 6.07) is 7.03. The molecule has 0 radical (unpaired) electrons. The lowest BCUT2D eigenvalue weighted by atomic mass is 10.2. The summed E-state index contributed by atoms with van der Waals surface area (Å²) in [6.45, 7) is -5.74. The number of fused-ring (bicyclic) bond motifs is 1. The summed E-state index contributed by atoms with van der Waals surface area (Å²) in [6.07, 6.45) is 0. The van der Waals surface area contributed by atoms with Gasteiger partial charge in [-0.25, -0.2) is 4.79 Å². The second-order valence-corrected chi connectivity index (χ2v) is 2.66. The molecule has 1 aromatic carbocycles. The lowest BCUT2D eigenvalue weighted by Gasteiger charge is -2.02. The van der Waals surface area contributed by atoms with Crippen LogP contribution in [-0.2, 0) is 0 Å². The van der Waals surface area contributed by atoms with E-state index in [0.29, 0.717) is 5.39 Å². The van der Waals surface area contributed by atoms with E-state index in [0.717, 1.165) is 0 Å². The zero-order chi connectivity index (χ0) is 14.3. The van der Waals surface area contributed by atoms with E-state index < -0.39 is 19.0 Å². The molecular formula is C11H10O3. The summed E-state index contributed by atoms with van der Waals surface area (Å²) >= 11 is 0. The van der Waals surface area contributed by atoms with Crippen LogP contribution >= 0.6 is 0 Å². The normalized spacial score (nSPS) is 17.6. The Hall–Kier alpha value is -1.77. The highest BCUT2D eigenvalue weighted by Crippen LogP contribution is 2.19. The van der Waals surface area contributed by atoms with Gasteiger partial charge in [0.25, 0.3) is 0 Å². The Labute approximate surface area is 87.9 Å². The molecule has 72 valence electrons. The van der Waals surface area contributed by atoms with Gasteiger partial charge in [-0.15, -0.1) is 0 Å². The predicted octanol–water partition coefficient (Wildman–Crippen LogP) is 2.19. The third kappa shape index (κ3) is 1.62. The van der Waals surface area contributed by atoms with Gasteiger partial charge < -0.3 is 9.15 Å². The van der Waals surface area contributed by atoms with Gasteiger partial charge in [0.1, 0.15) is 11.3 Å². The van der Waals surface area contributed by atoms with Crippen LogP contribution in [0.5, 0.6) is 5.75 Å². The highest BCUT2D eigenvalue weighted by Gasteiger charge is 1.98. The van der Waals surface area contributed by atoms with Crippen molar-refractivity contribution in [3.05, 3.63) is 40.8 Å². The van der Waals surface area contributed by atoms with E-state index in [1.54, 1.807) is 12.1 Å². The zero-order valence-corrected chi connectivity index (χ0v) is 7.11. The van der Waals surface area contributed by atoms with Crippen molar-refractivity contribution in [3.63, 3.8) is 0 Å². The summed E-state index contributed by atoms with van der Waals surface area (Å²) in [5, 5.41) is 0.626. The van der Waals surface area contributed by atoms with E-state index in [-0.39, 0.29) is 11.3 Å². The smallest absolute Gasteiger partial charge is 0.336 e. The van der Waals surface area contributed by atoms with Gasteiger partial charge in [0, 0.05) is 21.6 Å². The van der Waals surface area contributed by atoms with Crippen LogP contribution in [0.1, 0.15) is 13.7 Å². The van der Waals surface area contributed by atoms with Crippen LogP contribution in [0.15, 0.2) is 39.5 Å². The SMILES string of the molecule is [2H]C([2H])([2H])C([2H])([2H])Oc1ccc2ccc(=O)oc2c1. The maximum atomic E-state index is 11.1. The van der Waals surface area contributed by atoms with Crippen molar-refractivity contribution in [2.75, 3.05) is 6.56 Å². The Morgan fingerprint density at radius 1 is 1.50 bits per heavy atom. The monoisotopic (exact) mass is 195 g/mol. The maximum Gasteiger partial charge on any atom is 0.336 e. The summed E-state index contributed by atoms with van der Waals surface area (Å²) < 4.78 is 45.6. The maximum absolute atomic E-state index is 11.1. The molecule has 2 rings (SSSR count). The van der Waals surface area contributed by atoms with E-state index >= 15 is 0 Å². The fraction of sp³-hybridized carbons (Fsp3) is 0.182. The fourth-order valence-electron chi connectivity index (χ4n) is 1.16. The van der Waals surface area contributed by atoms with E-state index in [2.05, 4.69) is 0 Å². The molecule has 0 aliphatic rings. The van der Waals surface area contributed by atoms with Crippen LogP contribution in [0.2, 0.25) is 0 Å². The first-order chi connectivity index (χ1) is 8.69. The molecule has 0 saturated heterocycles. The quantitative estimate of drug-likeness (QED) is 0.689. The van der Waals surface area contributed by atoms with Gasteiger partial charge in [-0.3, -0.25) is 0 Å². The van der Waals surface area contributed by atoms with Crippen molar-refractivity contribution < 1.29 is 16.0 Å². The van der Waals surface area contributed by atoms with E-state index in [4.69, 9.17) is 16.0 Å². The van der Waals surface area contributed by atoms with Crippen LogP contribution in [0.3, 0.4) is 0 Å². The minimum atomic E-state index is -2.92. The van der Waals surface area contributed by atoms with E-state index in [1.165, 1.54) is 18.2 Å². The molecule has 0 aliphatic heterocycles. The highest BCUT2D eigenvalue weighted by atomic mass is 16.5. The van der Waals surface area contributed by atoms with Gasteiger partial charge in [-0.1, -0.05) is 0 Å². The molecule has 0 bridgehead atoms. The fourth-order valence-corrected chi connectivity index (χ4v) is 1.16. The molecule has 0 spiro atoms. The molecule has 0 N–H and O–H groups in total. The Balaban J connectivity index is 2.39. The van der Waals surface area contributed by atoms with E-state index in [9.17, 15) is 4.79 Å². The van der Waals surface area contributed by atoms with Gasteiger partial charge in [-0.2, -0.15) is 0 Å². The van der Waals surface area contributed by atoms with Crippen molar-refractivity contribution in [1.82, 2.24) is 0 Å². The van der Waals surface area contributed by atoms with Gasteiger partial charge in [-0.05, 0) is 25.1 Å². The molecule has 0 unspecified atom stereocenters. The van der Waals surface area contributed by atoms with Crippen LogP contribution in [0.25, 0.3) is 11.0 Å². The highest BCUT2D eigenvalue weighted by molar-refractivity contribution is 5.77. The number of ether oxygens (including phenoxy) is 1. The molecule has 14 heavy (non-hydrogen) atoms. The predicted molar refractivity (Wildman–Crippen MR) is 53.7 cm³/mol. The molecule has 3 nitrogen and oxygen atoms in total. The molecule has 0 aliphatic carbocycles. The molecular weight excluding hydrogens is 180 g/mol. The largest absolute Gasteiger partial charge is 0.494 e. The summed E-state index contributed by atoms with van der Waals surface area (Å²) in [5.74, 6) is -0.0250. The molecule has 0 fully saturated rings. The first-order valence-corrected chi connectivity index (χ1v) is 3.92. The molecule has 0 saturated carbocycles. The number of benzene rings is 1. The molecule has 0 atom stereocenters. The van der Waals surface area contributed by atoms with Gasteiger partial charge in [0.15, 0.2) is 0 Å². The van der Waals surface area contributed by atoms with Crippen LogP contribution in [0.4, 0.5) is 0 Å². The Morgan fingerprint density at radius 3 is 3.21 bits per heavy atom. The van der Waals surface area contributed by atoms with E-state index in [1.807, 2.05) is 0 Å². The first kappa shape index (κ1) is 4.64. The standard InChI is InChI=1S/C11H10O3/c1-2-13-9-5-3-8-4-6-11(12)14-10(8)7-9/h3-7H,2H2,1H3/i1D3,2D2. The summed E-state index contributed by atoms with van der Waals surface area (Å²) in [7, 11) is 0. The van der Waals surface area contributed by atoms with Crippen LogP contribution in [-0.4, -0.2) is 6.56 Å². The minimum Gasteiger partial charge on any atom is -0.494 e. The zero-order valence-electron chi connectivity index (χ0n) is 12.1. The van der Waals surface area contributed by atoms with Crippen molar-refractivity contribution in [2.45, 2.75) is 6.85 Å². The first-order valence-electron chi connectivity index (χ1n) is 6.42. The topological polar surface area (TPSA) is 39.4 Å². The third-order valence-electron chi connectivity index (χ3n) is 1.76. The average Bonchev–Trinajstić information content (AvgIpc) is 2.26. The number of hydrogen-bond acceptors (Lipinski definition) is 3. The third-order valence-corrected chi connectivity index (χ3v) is 1.76. The van der Waals surface area contributed by atoms with Crippen molar-refractivity contribution >= 4 is 11.0 Å². The average molecular weight is 195 g/mol. The van der Waals surface area contributed by atoms with Crippen LogP contribution < -0.4 is 10.4 Å². The second-order valence-electron chi connectivity index (χ2n) is 2.66. The lowest BCUT2D eigenvalue weighted by Crippen LogP contribution is -1.95. The van der Waals surface area contributed by atoms with Crippen molar-refractivity contribution in [3.8, 4) is 5.75 Å². The minimum absolute atomic E-state index is 0.0250. The number of hydrogen-bond donors (Lipinski definition) is 0. The van der Waals surface area contributed by atoms with Gasteiger partial charge in [0.2, 0.25) is 0 Å². The molecule has 1 heterocycles. The number of rotatable bonds is 2. The van der Waals surface area contributed by atoms with Crippen molar-refractivity contribution in [2.24, 2.45) is 0 Å². The molecule has 1 aromatic heterocycles. The molecule has 2 aromatic rings. The Kier molecular flexibility index (Phi) is 1.17. The Bertz CT molecular complexity index is 659. The van der Waals surface area contributed by atoms with Gasteiger partial charge >= 0.3 is 5.63 Å². The second kappa shape index (κ2) is 3.54. The summed E-state index contributed by atoms with van der Waals surface area (Å²) in [5.41, 5.74) is -0.352. The Morgan fingerprint density at radius 2 is 2.36 bits per heavy atom. The molecule has 0 amide bonds. The lowest BCUT2D eigenvalue weighted by molar-refractivity contribution is 0.340. The van der Waals surface area contributed by atoms with Crippen LogP contribution in [0, 0.1) is 0 Å². The molecule has 3 heteroatoms.